The van der Waals surface area contributed by atoms with Crippen LogP contribution in [0.5, 0.6) is 0 Å². The highest BCUT2D eigenvalue weighted by atomic mass is 16.2. The van der Waals surface area contributed by atoms with E-state index in [-0.39, 0.29) is 11.8 Å². The van der Waals surface area contributed by atoms with Gasteiger partial charge in [0, 0.05) is 24.2 Å². The molecule has 0 fully saturated rings. The normalized spacial score (nSPS) is 18.1. The molecule has 1 heterocycles. The highest BCUT2D eigenvalue weighted by Crippen LogP contribution is 2.07. The number of carbonyl (C=O) groups is 2. The third-order valence-corrected chi connectivity index (χ3v) is 3.31. The Kier molecular flexibility index (Phi) is 4.95. The van der Waals surface area contributed by atoms with Crippen molar-refractivity contribution in [1.82, 2.24) is 10.6 Å². The van der Waals surface area contributed by atoms with Crippen LogP contribution in [-0.4, -0.2) is 24.9 Å². The van der Waals surface area contributed by atoms with Gasteiger partial charge in [0.15, 0.2) is 0 Å². The number of carbonyl (C=O) groups excluding carboxylic acids is 2. The lowest BCUT2D eigenvalue weighted by atomic mass is 10.1. The summed E-state index contributed by atoms with van der Waals surface area (Å²) >= 11 is 0. The quantitative estimate of drug-likeness (QED) is 0.750. The van der Waals surface area contributed by atoms with E-state index in [1.807, 2.05) is 0 Å². The minimum atomic E-state index is -0.105. The van der Waals surface area contributed by atoms with Gasteiger partial charge in [0.05, 0.1) is 0 Å². The first-order chi connectivity index (χ1) is 9.27. The van der Waals surface area contributed by atoms with Crippen LogP contribution in [0.1, 0.15) is 52.8 Å². The molecule has 4 nitrogen and oxygen atoms in total. The van der Waals surface area contributed by atoms with E-state index in [1.54, 1.807) is 24.3 Å². The average molecular weight is 260 g/mol. The zero-order chi connectivity index (χ0) is 13.5. The molecule has 19 heavy (non-hydrogen) atoms. The SMILES string of the molecule is O=C1NCCCCCCCNC(=O)c2cccc1c2. The molecule has 1 aromatic rings. The summed E-state index contributed by atoms with van der Waals surface area (Å²) in [4.78, 5) is 23.8. The fourth-order valence-electron chi connectivity index (χ4n) is 2.19. The van der Waals surface area contributed by atoms with Crippen LogP contribution in [0, 0.1) is 0 Å². The van der Waals surface area contributed by atoms with Crippen molar-refractivity contribution in [2.75, 3.05) is 13.1 Å². The highest BCUT2D eigenvalue weighted by molar-refractivity contribution is 5.99. The van der Waals surface area contributed by atoms with Gasteiger partial charge < -0.3 is 10.6 Å². The van der Waals surface area contributed by atoms with Crippen LogP contribution in [0.3, 0.4) is 0 Å². The van der Waals surface area contributed by atoms with Crippen molar-refractivity contribution in [3.63, 3.8) is 0 Å². The van der Waals surface area contributed by atoms with Gasteiger partial charge in [-0.15, -0.1) is 0 Å². The van der Waals surface area contributed by atoms with E-state index >= 15 is 0 Å². The number of rotatable bonds is 0. The maximum atomic E-state index is 11.9. The summed E-state index contributed by atoms with van der Waals surface area (Å²) in [6.45, 7) is 1.41. The summed E-state index contributed by atoms with van der Waals surface area (Å²) in [7, 11) is 0. The molecule has 2 bridgehead atoms. The number of fused-ring (bicyclic) bond motifs is 2. The highest BCUT2D eigenvalue weighted by Gasteiger charge is 2.10. The van der Waals surface area contributed by atoms with Crippen LogP contribution in [0.2, 0.25) is 0 Å². The fourth-order valence-corrected chi connectivity index (χ4v) is 2.19. The van der Waals surface area contributed by atoms with E-state index in [0.29, 0.717) is 24.2 Å². The summed E-state index contributed by atoms with van der Waals surface area (Å²) in [5.74, 6) is -0.210. The second kappa shape index (κ2) is 6.92. The van der Waals surface area contributed by atoms with E-state index in [4.69, 9.17) is 0 Å². The molecule has 2 rings (SSSR count). The van der Waals surface area contributed by atoms with Gasteiger partial charge in [-0.25, -0.2) is 0 Å². The Labute approximate surface area is 113 Å². The topological polar surface area (TPSA) is 58.2 Å². The smallest absolute Gasteiger partial charge is 0.251 e. The van der Waals surface area contributed by atoms with E-state index in [2.05, 4.69) is 10.6 Å². The molecule has 0 spiro atoms. The summed E-state index contributed by atoms with van der Waals surface area (Å²) in [6.07, 6.45) is 5.41. The minimum absolute atomic E-state index is 0.105. The predicted octanol–water partition coefficient (Wildman–Crippen LogP) is 2.11. The first-order valence-corrected chi connectivity index (χ1v) is 6.94. The van der Waals surface area contributed by atoms with Crippen molar-refractivity contribution in [2.45, 2.75) is 32.1 Å². The Hall–Kier alpha value is -1.84. The van der Waals surface area contributed by atoms with E-state index < -0.39 is 0 Å². The van der Waals surface area contributed by atoms with Crippen molar-refractivity contribution in [2.24, 2.45) is 0 Å². The molecule has 0 atom stereocenters. The standard InChI is InChI=1S/C15H20N2O2/c18-14-12-7-6-8-13(11-12)15(19)17-10-5-3-1-2-4-9-16-14/h6-8,11H,1-5,9-10H2,(H,16,18)(H,17,19). The van der Waals surface area contributed by atoms with E-state index in [9.17, 15) is 9.59 Å². The van der Waals surface area contributed by atoms with Gasteiger partial charge in [-0.2, -0.15) is 0 Å². The third kappa shape index (κ3) is 4.09. The van der Waals surface area contributed by atoms with Crippen molar-refractivity contribution in [3.05, 3.63) is 35.4 Å². The number of amides is 2. The van der Waals surface area contributed by atoms with Crippen molar-refractivity contribution >= 4 is 11.8 Å². The molecular formula is C15H20N2O2. The van der Waals surface area contributed by atoms with Crippen LogP contribution in [-0.2, 0) is 0 Å². The van der Waals surface area contributed by atoms with E-state index in [0.717, 1.165) is 32.1 Å². The molecule has 1 aromatic carbocycles. The molecule has 0 aliphatic carbocycles. The largest absolute Gasteiger partial charge is 0.352 e. The van der Waals surface area contributed by atoms with Crippen LogP contribution in [0.15, 0.2) is 24.3 Å². The van der Waals surface area contributed by atoms with Gasteiger partial charge in [0.25, 0.3) is 11.8 Å². The molecule has 2 amide bonds. The van der Waals surface area contributed by atoms with Gasteiger partial charge in [0.2, 0.25) is 0 Å². The summed E-state index contributed by atoms with van der Waals surface area (Å²) in [5.41, 5.74) is 1.09. The van der Waals surface area contributed by atoms with Crippen LogP contribution < -0.4 is 10.6 Å². The lowest BCUT2D eigenvalue weighted by molar-refractivity contribution is 0.0953. The second-order valence-electron chi connectivity index (χ2n) is 4.86. The lowest BCUT2D eigenvalue weighted by Gasteiger charge is -2.09. The number of benzene rings is 1. The zero-order valence-corrected chi connectivity index (χ0v) is 11.1. The molecule has 2 N–H and O–H groups in total. The average Bonchev–Trinajstić information content (AvgIpc) is 2.44. The van der Waals surface area contributed by atoms with Gasteiger partial charge >= 0.3 is 0 Å². The van der Waals surface area contributed by atoms with Gasteiger partial charge in [-0.05, 0) is 31.0 Å². The van der Waals surface area contributed by atoms with Crippen molar-refractivity contribution in [1.29, 1.82) is 0 Å². The Bertz CT molecular complexity index is 420. The van der Waals surface area contributed by atoms with E-state index in [1.165, 1.54) is 0 Å². The Morgan fingerprint density at radius 3 is 1.74 bits per heavy atom. The maximum Gasteiger partial charge on any atom is 0.251 e. The van der Waals surface area contributed by atoms with Crippen LogP contribution in [0.25, 0.3) is 0 Å². The van der Waals surface area contributed by atoms with Crippen LogP contribution in [0.4, 0.5) is 0 Å². The fraction of sp³-hybridized carbons (Fsp3) is 0.467. The summed E-state index contributed by atoms with van der Waals surface area (Å²) < 4.78 is 0. The molecule has 0 saturated heterocycles. The summed E-state index contributed by atoms with van der Waals surface area (Å²) in [5, 5.41) is 5.78. The molecule has 0 aromatic heterocycles. The number of hydrogen-bond donors (Lipinski definition) is 2. The first-order valence-electron chi connectivity index (χ1n) is 6.94. The number of hydrogen-bond acceptors (Lipinski definition) is 2. The summed E-state index contributed by atoms with van der Waals surface area (Å²) in [6, 6.07) is 6.86. The third-order valence-electron chi connectivity index (χ3n) is 3.31. The second-order valence-corrected chi connectivity index (χ2v) is 4.86. The minimum Gasteiger partial charge on any atom is -0.352 e. The molecule has 0 radical (unpaired) electrons. The molecule has 1 aliphatic heterocycles. The molecule has 0 unspecified atom stereocenters. The molecule has 0 saturated carbocycles. The van der Waals surface area contributed by atoms with Gasteiger partial charge in [-0.1, -0.05) is 25.3 Å². The lowest BCUT2D eigenvalue weighted by Crippen LogP contribution is -2.27. The van der Waals surface area contributed by atoms with Crippen molar-refractivity contribution < 1.29 is 9.59 Å². The van der Waals surface area contributed by atoms with Crippen LogP contribution >= 0.6 is 0 Å². The molecule has 4 heteroatoms. The van der Waals surface area contributed by atoms with Gasteiger partial charge in [0.1, 0.15) is 0 Å². The monoisotopic (exact) mass is 260 g/mol. The van der Waals surface area contributed by atoms with Crippen molar-refractivity contribution in [3.8, 4) is 0 Å². The Balaban J connectivity index is 2.12. The molecule has 102 valence electrons. The predicted molar refractivity (Wildman–Crippen MR) is 74.2 cm³/mol. The Morgan fingerprint density at radius 2 is 1.21 bits per heavy atom. The molecule has 1 aliphatic rings. The Morgan fingerprint density at radius 1 is 0.737 bits per heavy atom. The van der Waals surface area contributed by atoms with Gasteiger partial charge in [-0.3, -0.25) is 9.59 Å². The molecular weight excluding hydrogens is 240 g/mol. The first kappa shape index (κ1) is 13.6. The zero-order valence-electron chi connectivity index (χ0n) is 11.1. The maximum absolute atomic E-state index is 11.9. The number of nitrogens with one attached hydrogen (secondary N) is 2.